The normalized spacial score (nSPS) is 14.3. The van der Waals surface area contributed by atoms with Crippen LogP contribution in [0.25, 0.3) is 0 Å². The van der Waals surface area contributed by atoms with Gasteiger partial charge in [0.15, 0.2) is 0 Å². The van der Waals surface area contributed by atoms with Crippen molar-refractivity contribution in [1.29, 1.82) is 0 Å². The van der Waals surface area contributed by atoms with Gasteiger partial charge in [-0.25, -0.2) is 13.2 Å². The molecule has 3 rings (SSSR count). The van der Waals surface area contributed by atoms with E-state index < -0.39 is 27.6 Å². The molecule has 12 heteroatoms. The summed E-state index contributed by atoms with van der Waals surface area (Å²) in [6.45, 7) is 5.46. The molecule has 2 aromatic rings. The number of hydrogen-bond donors (Lipinski definition) is 3. The molecule has 0 heterocycles. The fourth-order valence-corrected chi connectivity index (χ4v) is 4.77. The highest BCUT2D eigenvalue weighted by Gasteiger charge is 2.51. The highest BCUT2D eigenvalue weighted by Crippen LogP contribution is 2.48. The van der Waals surface area contributed by atoms with Crippen molar-refractivity contribution in [3.05, 3.63) is 59.7 Å². The zero-order valence-electron chi connectivity index (χ0n) is 21.5. The Morgan fingerprint density at radius 2 is 1.61 bits per heavy atom. The Kier molecular flexibility index (Phi) is 10.7. The van der Waals surface area contributed by atoms with Crippen molar-refractivity contribution in [1.82, 2.24) is 5.32 Å². The number of carboxylic acid groups (broad SMARTS) is 1. The Labute approximate surface area is 220 Å². The van der Waals surface area contributed by atoms with Crippen molar-refractivity contribution in [2.24, 2.45) is 5.92 Å². The molecule has 0 atom stereocenters. The first-order valence-electron chi connectivity index (χ1n) is 12.0. The van der Waals surface area contributed by atoms with Crippen molar-refractivity contribution < 1.29 is 41.0 Å². The number of ether oxygens (including phenoxy) is 1. The van der Waals surface area contributed by atoms with Crippen LogP contribution in [0.2, 0.25) is 0 Å². The number of anilines is 1. The van der Waals surface area contributed by atoms with Gasteiger partial charge in [0.25, 0.3) is 10.0 Å². The van der Waals surface area contributed by atoms with E-state index in [1.807, 2.05) is 24.3 Å². The molecule has 0 saturated heterocycles. The van der Waals surface area contributed by atoms with Gasteiger partial charge in [-0.15, -0.1) is 0 Å². The third-order valence-electron chi connectivity index (χ3n) is 5.81. The SMILES string of the molecule is COCCCNC(=O)C1(c2ccc(NS(=O)(=O)c3ccc(CC(C)C)cc3)cc2)CC1.O=C(O)C(F)(F)F. The Morgan fingerprint density at radius 3 is 2.05 bits per heavy atom. The van der Waals surface area contributed by atoms with Crippen molar-refractivity contribution in [2.75, 3.05) is 25.0 Å². The van der Waals surface area contributed by atoms with Gasteiger partial charge in [-0.3, -0.25) is 9.52 Å². The molecule has 1 saturated carbocycles. The zero-order valence-corrected chi connectivity index (χ0v) is 22.3. The summed E-state index contributed by atoms with van der Waals surface area (Å²) in [5.41, 5.74) is 2.02. The van der Waals surface area contributed by atoms with Crippen molar-refractivity contribution >= 4 is 27.6 Å². The second-order valence-corrected chi connectivity index (χ2v) is 11.1. The van der Waals surface area contributed by atoms with Crippen LogP contribution in [-0.2, 0) is 36.2 Å². The van der Waals surface area contributed by atoms with E-state index in [2.05, 4.69) is 23.9 Å². The highest BCUT2D eigenvalue weighted by molar-refractivity contribution is 7.92. The van der Waals surface area contributed by atoms with Crippen LogP contribution < -0.4 is 10.0 Å². The molecule has 1 fully saturated rings. The van der Waals surface area contributed by atoms with E-state index in [1.54, 1.807) is 31.4 Å². The maximum Gasteiger partial charge on any atom is 0.490 e. The number of halogens is 3. The first-order chi connectivity index (χ1) is 17.7. The van der Waals surface area contributed by atoms with Crippen LogP contribution in [0.4, 0.5) is 18.9 Å². The minimum Gasteiger partial charge on any atom is -0.475 e. The fourth-order valence-electron chi connectivity index (χ4n) is 3.71. The minimum atomic E-state index is -5.08. The van der Waals surface area contributed by atoms with Crippen LogP contribution >= 0.6 is 0 Å². The van der Waals surface area contributed by atoms with Crippen LogP contribution in [0.1, 0.15) is 44.2 Å². The Balaban J connectivity index is 0.000000638. The molecule has 0 bridgehead atoms. The fraction of sp³-hybridized carbons (Fsp3) is 0.462. The standard InChI is InChI=1S/C24H32N2O4S.C2HF3O2/c1-18(2)17-19-5-11-22(12-6-19)31(28,29)26-21-9-7-20(8-10-21)24(13-14-24)23(27)25-15-4-16-30-3;3-2(4,5)1(6)7/h5-12,18,26H,4,13-17H2,1-3H3,(H,25,27);(H,6,7). The van der Waals surface area contributed by atoms with Gasteiger partial charge in [0.2, 0.25) is 5.91 Å². The van der Waals surface area contributed by atoms with Gasteiger partial charge in [-0.05, 0) is 67.0 Å². The topological polar surface area (TPSA) is 122 Å². The average Bonchev–Trinajstić information content (AvgIpc) is 3.64. The maximum atomic E-state index is 12.7. The molecule has 1 amide bonds. The van der Waals surface area contributed by atoms with Gasteiger partial charge in [-0.1, -0.05) is 38.1 Å². The maximum absolute atomic E-state index is 12.7. The van der Waals surface area contributed by atoms with E-state index in [0.29, 0.717) is 24.8 Å². The third-order valence-corrected chi connectivity index (χ3v) is 7.20. The van der Waals surface area contributed by atoms with Gasteiger partial charge < -0.3 is 15.2 Å². The molecule has 0 aliphatic heterocycles. The second kappa shape index (κ2) is 13.1. The lowest BCUT2D eigenvalue weighted by Crippen LogP contribution is -2.35. The Morgan fingerprint density at radius 1 is 1.05 bits per heavy atom. The lowest BCUT2D eigenvalue weighted by Gasteiger charge is -2.16. The molecule has 0 radical (unpaired) electrons. The van der Waals surface area contributed by atoms with Crippen LogP contribution in [0, 0.1) is 5.92 Å². The Hall–Kier alpha value is -3.12. The number of sulfonamides is 1. The average molecular weight is 559 g/mol. The molecule has 210 valence electrons. The van der Waals surface area contributed by atoms with E-state index in [-0.39, 0.29) is 10.8 Å². The first kappa shape index (κ1) is 31.1. The van der Waals surface area contributed by atoms with Crippen molar-refractivity contribution in [2.45, 2.75) is 56.0 Å². The number of carbonyl (C=O) groups excluding carboxylic acids is 1. The van der Waals surface area contributed by atoms with Crippen molar-refractivity contribution in [3.8, 4) is 0 Å². The molecule has 38 heavy (non-hydrogen) atoms. The number of hydrogen-bond acceptors (Lipinski definition) is 5. The van der Waals surface area contributed by atoms with Crippen LogP contribution in [0.15, 0.2) is 53.4 Å². The number of amides is 1. The molecular formula is C26H33F3N2O6S. The highest BCUT2D eigenvalue weighted by atomic mass is 32.2. The van der Waals surface area contributed by atoms with E-state index in [9.17, 15) is 26.4 Å². The van der Waals surface area contributed by atoms with E-state index in [1.165, 1.54) is 0 Å². The molecule has 1 aliphatic carbocycles. The van der Waals surface area contributed by atoms with Gasteiger partial charge in [-0.2, -0.15) is 13.2 Å². The minimum absolute atomic E-state index is 0.0263. The molecular weight excluding hydrogens is 525 g/mol. The number of methoxy groups -OCH3 is 1. The summed E-state index contributed by atoms with van der Waals surface area (Å²) in [6.07, 6.45) is -1.79. The van der Waals surface area contributed by atoms with Crippen LogP contribution in [0.5, 0.6) is 0 Å². The van der Waals surface area contributed by atoms with Gasteiger partial charge in [0.1, 0.15) is 0 Å². The number of carboxylic acids is 1. The number of alkyl halides is 3. The second-order valence-electron chi connectivity index (χ2n) is 9.41. The smallest absolute Gasteiger partial charge is 0.475 e. The molecule has 1 aliphatic rings. The molecule has 0 aromatic heterocycles. The summed E-state index contributed by atoms with van der Waals surface area (Å²) in [4.78, 5) is 21.8. The summed E-state index contributed by atoms with van der Waals surface area (Å²) in [6, 6.07) is 14.1. The monoisotopic (exact) mass is 558 g/mol. The van der Waals surface area contributed by atoms with Gasteiger partial charge in [0.05, 0.1) is 10.3 Å². The molecule has 8 nitrogen and oxygen atoms in total. The van der Waals surface area contributed by atoms with E-state index >= 15 is 0 Å². The zero-order chi connectivity index (χ0) is 28.6. The van der Waals surface area contributed by atoms with Gasteiger partial charge in [0, 0.05) is 25.9 Å². The number of carbonyl (C=O) groups is 2. The lowest BCUT2D eigenvalue weighted by atomic mass is 9.95. The molecule has 2 aromatic carbocycles. The summed E-state index contributed by atoms with van der Waals surface area (Å²) in [7, 11) is -2.03. The third kappa shape index (κ3) is 9.02. The summed E-state index contributed by atoms with van der Waals surface area (Å²) in [5.74, 6) is -2.22. The lowest BCUT2D eigenvalue weighted by molar-refractivity contribution is -0.192. The predicted octanol–water partition coefficient (Wildman–Crippen LogP) is 4.50. The number of benzene rings is 2. The summed E-state index contributed by atoms with van der Waals surface area (Å²) < 4.78 is 64.8. The first-order valence-corrected chi connectivity index (χ1v) is 13.5. The quantitative estimate of drug-likeness (QED) is 0.349. The number of rotatable bonds is 11. The summed E-state index contributed by atoms with van der Waals surface area (Å²) >= 11 is 0. The number of aliphatic carboxylic acids is 1. The van der Waals surface area contributed by atoms with E-state index in [0.717, 1.165) is 36.8 Å². The molecule has 0 unspecified atom stereocenters. The number of nitrogens with one attached hydrogen (secondary N) is 2. The predicted molar refractivity (Wildman–Crippen MR) is 136 cm³/mol. The Bertz CT molecular complexity index is 1180. The summed E-state index contributed by atoms with van der Waals surface area (Å²) in [5, 5.41) is 10.1. The van der Waals surface area contributed by atoms with Crippen LogP contribution in [0.3, 0.4) is 0 Å². The van der Waals surface area contributed by atoms with Crippen LogP contribution in [-0.4, -0.2) is 51.8 Å². The van der Waals surface area contributed by atoms with Gasteiger partial charge >= 0.3 is 12.1 Å². The molecule has 3 N–H and O–H groups in total. The van der Waals surface area contributed by atoms with E-state index in [4.69, 9.17) is 14.6 Å². The van der Waals surface area contributed by atoms with Crippen molar-refractivity contribution in [3.63, 3.8) is 0 Å². The largest absolute Gasteiger partial charge is 0.490 e. The molecule has 0 spiro atoms.